The van der Waals surface area contributed by atoms with Gasteiger partial charge in [0.15, 0.2) is 6.10 Å². The summed E-state index contributed by atoms with van der Waals surface area (Å²) in [7, 11) is 3.03. The standard InChI is InChI=1S/C18H19N3O6/c1-11(27-18(23)13-6-4-5-7-14(13)19-2)17(22)20-15-10-12(21(24)25)8-9-16(15)26-3/h4-11,19H,1-3H3,(H,20,22)/t11-/m0/s1. The first kappa shape index (κ1) is 19.7. The van der Waals surface area contributed by atoms with Crippen LogP contribution in [0, 0.1) is 10.1 Å². The van der Waals surface area contributed by atoms with Crippen LogP contribution in [0.25, 0.3) is 0 Å². The van der Waals surface area contributed by atoms with Crippen molar-refractivity contribution < 1.29 is 24.0 Å². The second-order valence-electron chi connectivity index (χ2n) is 5.47. The van der Waals surface area contributed by atoms with Crippen LogP contribution in [0.5, 0.6) is 5.75 Å². The molecule has 0 bridgehead atoms. The number of para-hydroxylation sites is 1. The Morgan fingerprint density at radius 3 is 2.48 bits per heavy atom. The Balaban J connectivity index is 2.13. The third-order valence-corrected chi connectivity index (χ3v) is 3.72. The molecule has 0 radical (unpaired) electrons. The van der Waals surface area contributed by atoms with Gasteiger partial charge < -0.3 is 20.1 Å². The van der Waals surface area contributed by atoms with Crippen molar-refractivity contribution in [3.63, 3.8) is 0 Å². The van der Waals surface area contributed by atoms with Crippen LogP contribution >= 0.6 is 0 Å². The number of amides is 1. The molecule has 9 heteroatoms. The minimum atomic E-state index is -1.13. The maximum atomic E-state index is 12.4. The zero-order chi connectivity index (χ0) is 20.0. The number of carbonyl (C=O) groups is 2. The van der Waals surface area contributed by atoms with E-state index in [1.807, 2.05) is 0 Å². The summed E-state index contributed by atoms with van der Waals surface area (Å²) in [5.41, 5.74) is 0.747. The zero-order valence-electron chi connectivity index (χ0n) is 15.0. The lowest BCUT2D eigenvalue weighted by molar-refractivity contribution is -0.384. The molecule has 0 heterocycles. The maximum Gasteiger partial charge on any atom is 0.341 e. The molecule has 2 rings (SSSR count). The van der Waals surface area contributed by atoms with Gasteiger partial charge in [-0.1, -0.05) is 12.1 Å². The van der Waals surface area contributed by atoms with Crippen LogP contribution in [0.3, 0.4) is 0 Å². The van der Waals surface area contributed by atoms with Crippen molar-refractivity contribution >= 4 is 28.9 Å². The van der Waals surface area contributed by atoms with E-state index in [9.17, 15) is 19.7 Å². The summed E-state index contributed by atoms with van der Waals surface area (Å²) in [6.45, 7) is 1.40. The minimum absolute atomic E-state index is 0.107. The summed E-state index contributed by atoms with van der Waals surface area (Å²) in [4.78, 5) is 35.0. The highest BCUT2D eigenvalue weighted by atomic mass is 16.6. The van der Waals surface area contributed by atoms with E-state index in [1.165, 1.54) is 32.2 Å². The molecule has 2 aromatic carbocycles. The van der Waals surface area contributed by atoms with Crippen molar-refractivity contribution in [1.29, 1.82) is 0 Å². The van der Waals surface area contributed by atoms with Gasteiger partial charge in [0.25, 0.3) is 11.6 Å². The van der Waals surface area contributed by atoms with E-state index in [2.05, 4.69) is 10.6 Å². The van der Waals surface area contributed by atoms with E-state index in [4.69, 9.17) is 9.47 Å². The van der Waals surface area contributed by atoms with Gasteiger partial charge in [0, 0.05) is 24.9 Å². The lowest BCUT2D eigenvalue weighted by Crippen LogP contribution is -2.30. The quantitative estimate of drug-likeness (QED) is 0.435. The monoisotopic (exact) mass is 373 g/mol. The highest BCUT2D eigenvalue weighted by Gasteiger charge is 2.22. The van der Waals surface area contributed by atoms with Crippen molar-refractivity contribution in [2.24, 2.45) is 0 Å². The van der Waals surface area contributed by atoms with Gasteiger partial charge in [-0.15, -0.1) is 0 Å². The molecule has 1 atom stereocenters. The van der Waals surface area contributed by atoms with E-state index in [-0.39, 0.29) is 22.7 Å². The molecule has 0 aliphatic heterocycles. The number of non-ortho nitro benzene ring substituents is 1. The van der Waals surface area contributed by atoms with Crippen LogP contribution in [0.15, 0.2) is 42.5 Å². The number of ether oxygens (including phenoxy) is 2. The van der Waals surface area contributed by atoms with Gasteiger partial charge in [0.05, 0.1) is 23.3 Å². The van der Waals surface area contributed by atoms with E-state index in [0.29, 0.717) is 5.69 Å². The fourth-order valence-electron chi connectivity index (χ4n) is 2.30. The van der Waals surface area contributed by atoms with E-state index >= 15 is 0 Å². The lowest BCUT2D eigenvalue weighted by Gasteiger charge is -2.16. The molecule has 0 fully saturated rings. The second kappa shape index (κ2) is 8.65. The average molecular weight is 373 g/mol. The van der Waals surface area contributed by atoms with Gasteiger partial charge in [-0.2, -0.15) is 0 Å². The molecule has 0 spiro atoms. The van der Waals surface area contributed by atoms with Gasteiger partial charge >= 0.3 is 5.97 Å². The highest BCUT2D eigenvalue weighted by Crippen LogP contribution is 2.29. The van der Waals surface area contributed by atoms with Gasteiger partial charge in [0.2, 0.25) is 0 Å². The Kier molecular flexibility index (Phi) is 6.32. The topological polar surface area (TPSA) is 120 Å². The third-order valence-electron chi connectivity index (χ3n) is 3.72. The fourth-order valence-corrected chi connectivity index (χ4v) is 2.30. The summed E-state index contributed by atoms with van der Waals surface area (Å²) in [5, 5.41) is 16.3. The number of esters is 1. The molecule has 0 aliphatic rings. The highest BCUT2D eigenvalue weighted by molar-refractivity contribution is 6.00. The van der Waals surface area contributed by atoms with Crippen LogP contribution < -0.4 is 15.4 Å². The Morgan fingerprint density at radius 2 is 1.85 bits per heavy atom. The van der Waals surface area contributed by atoms with E-state index < -0.39 is 22.9 Å². The summed E-state index contributed by atoms with van der Waals surface area (Å²) in [6, 6.07) is 10.5. The Bertz CT molecular complexity index is 868. The van der Waals surface area contributed by atoms with Gasteiger partial charge in [-0.3, -0.25) is 14.9 Å². The minimum Gasteiger partial charge on any atom is -0.495 e. The smallest absolute Gasteiger partial charge is 0.341 e. The fraction of sp³-hybridized carbons (Fsp3) is 0.222. The number of benzene rings is 2. The van der Waals surface area contributed by atoms with Crippen molar-refractivity contribution in [2.75, 3.05) is 24.8 Å². The number of hydrogen-bond acceptors (Lipinski definition) is 7. The van der Waals surface area contributed by atoms with E-state index in [1.54, 1.807) is 31.3 Å². The molecule has 0 aliphatic carbocycles. The third kappa shape index (κ3) is 4.72. The maximum absolute atomic E-state index is 12.4. The molecule has 2 N–H and O–H groups in total. The summed E-state index contributed by atoms with van der Waals surface area (Å²) in [6.07, 6.45) is -1.13. The molecule has 9 nitrogen and oxygen atoms in total. The average Bonchev–Trinajstić information content (AvgIpc) is 2.67. The Hall–Kier alpha value is -3.62. The largest absolute Gasteiger partial charge is 0.495 e. The van der Waals surface area contributed by atoms with Crippen molar-refractivity contribution in [3.05, 3.63) is 58.1 Å². The first-order valence-corrected chi connectivity index (χ1v) is 7.98. The Morgan fingerprint density at radius 1 is 1.15 bits per heavy atom. The summed E-state index contributed by atoms with van der Waals surface area (Å²) in [5.74, 6) is -1.08. The predicted octanol–water partition coefficient (Wildman–Crippen LogP) is 2.83. The number of nitro groups is 1. The van der Waals surface area contributed by atoms with E-state index in [0.717, 1.165) is 0 Å². The first-order chi connectivity index (χ1) is 12.9. The number of nitrogens with zero attached hydrogens (tertiary/aromatic N) is 1. The van der Waals surface area contributed by atoms with Crippen molar-refractivity contribution in [1.82, 2.24) is 0 Å². The molecule has 0 aromatic heterocycles. The van der Waals surface area contributed by atoms with Crippen LogP contribution in [-0.4, -0.2) is 37.1 Å². The molecule has 142 valence electrons. The molecule has 0 saturated carbocycles. The van der Waals surface area contributed by atoms with Crippen LogP contribution in [0.2, 0.25) is 0 Å². The van der Waals surface area contributed by atoms with Crippen LogP contribution in [0.1, 0.15) is 17.3 Å². The predicted molar refractivity (Wildman–Crippen MR) is 99.1 cm³/mol. The SMILES string of the molecule is CNc1ccccc1C(=O)O[C@@H](C)C(=O)Nc1cc([N+](=O)[O-])ccc1OC. The van der Waals surface area contributed by atoms with Gasteiger partial charge in [-0.25, -0.2) is 4.79 Å². The number of carbonyl (C=O) groups excluding carboxylic acids is 2. The zero-order valence-corrected chi connectivity index (χ0v) is 15.0. The summed E-state index contributed by atoms with van der Waals surface area (Å²) < 4.78 is 10.3. The first-order valence-electron chi connectivity index (χ1n) is 7.98. The number of methoxy groups -OCH3 is 1. The van der Waals surface area contributed by atoms with Crippen LogP contribution in [-0.2, 0) is 9.53 Å². The number of hydrogen-bond donors (Lipinski definition) is 2. The second-order valence-corrected chi connectivity index (χ2v) is 5.47. The summed E-state index contributed by atoms with van der Waals surface area (Å²) >= 11 is 0. The van der Waals surface area contributed by atoms with Gasteiger partial charge in [-0.05, 0) is 25.1 Å². The molecule has 27 heavy (non-hydrogen) atoms. The number of anilines is 2. The molecule has 0 saturated heterocycles. The Labute approximate surface area is 155 Å². The molecular formula is C18H19N3O6. The van der Waals surface area contributed by atoms with Crippen molar-refractivity contribution in [3.8, 4) is 5.75 Å². The number of nitro benzene ring substituents is 1. The molecule has 0 unspecified atom stereocenters. The number of rotatable bonds is 7. The molecular weight excluding hydrogens is 354 g/mol. The molecule has 1 amide bonds. The van der Waals surface area contributed by atoms with Crippen molar-refractivity contribution in [2.45, 2.75) is 13.0 Å². The molecule has 2 aromatic rings. The lowest BCUT2D eigenvalue weighted by atomic mass is 10.2. The van der Waals surface area contributed by atoms with Crippen LogP contribution in [0.4, 0.5) is 17.1 Å². The normalized spacial score (nSPS) is 11.2. The van der Waals surface area contributed by atoms with Gasteiger partial charge in [0.1, 0.15) is 5.75 Å². The number of nitrogens with one attached hydrogen (secondary N) is 2.